The van der Waals surface area contributed by atoms with E-state index in [0.29, 0.717) is 32.5 Å². The van der Waals surface area contributed by atoms with Gasteiger partial charge >= 0.3 is 0 Å². The summed E-state index contributed by atoms with van der Waals surface area (Å²) in [5.41, 5.74) is 9.71. The number of nitrogens with zero attached hydrogens (tertiary/aromatic N) is 2. The zero-order valence-electron chi connectivity index (χ0n) is 41.6. The van der Waals surface area contributed by atoms with Gasteiger partial charge in [0.2, 0.25) is 17.7 Å². The van der Waals surface area contributed by atoms with E-state index in [-0.39, 0.29) is 42.8 Å². The molecule has 68 heavy (non-hydrogen) atoms. The summed E-state index contributed by atoms with van der Waals surface area (Å²) in [7, 11) is 3.46. The highest BCUT2D eigenvalue weighted by molar-refractivity contribution is 6.03. The van der Waals surface area contributed by atoms with Crippen LogP contribution in [-0.2, 0) is 19.2 Å². The maximum Gasteiger partial charge on any atom is 0.232 e. The van der Waals surface area contributed by atoms with E-state index in [4.69, 9.17) is 0 Å². The Hall–Kier alpha value is -6.96. The Morgan fingerprint density at radius 2 is 0.779 bits per heavy atom. The van der Waals surface area contributed by atoms with E-state index < -0.39 is 0 Å². The van der Waals surface area contributed by atoms with Gasteiger partial charge in [0.1, 0.15) is 0 Å². The lowest BCUT2D eigenvalue weighted by Gasteiger charge is -2.24. The molecule has 2 aliphatic heterocycles. The lowest BCUT2D eigenvalue weighted by Crippen LogP contribution is -2.41. The molecule has 0 aliphatic carbocycles. The van der Waals surface area contributed by atoms with Gasteiger partial charge in [0, 0.05) is 44.8 Å². The quantitative estimate of drug-likeness (QED) is 0.151. The van der Waals surface area contributed by atoms with Gasteiger partial charge in [0.15, 0.2) is 5.78 Å². The third-order valence-electron chi connectivity index (χ3n) is 10.2. The number of hydrogen-bond donors (Lipinski definition) is 1. The Bertz CT molecular complexity index is 2070. The van der Waals surface area contributed by atoms with Gasteiger partial charge < -0.3 is 10.2 Å². The molecule has 4 aromatic rings. The number of likely N-dealkylation sites (tertiary alicyclic amines) is 2. The number of ketones is 1. The number of carbonyl (C=O) groups is 4. The summed E-state index contributed by atoms with van der Waals surface area (Å²) in [6.45, 7) is 26.2. The van der Waals surface area contributed by atoms with E-state index >= 15 is 0 Å². The molecule has 4 aromatic carbocycles. The number of piperidine rings is 1. The number of benzene rings is 4. The zero-order valence-corrected chi connectivity index (χ0v) is 41.6. The standard InChI is InChI=1S/C12H14.3C11H12.C8H14N2O2.C7H11NO2.CH4/c1-3-5-11-7-9-12(6-4-2)10-8-11;3*1-3-5-11-8-6-10(4-2)7-9-11;1-6-5-7(11)10(8(6)12)4-3-9-2;1-5-3-7(10)8(2)4-6(5)9;/h3-10H,1-2H3;3*3-9H,2H2,1H3;6,9H,3-5H2,1-2H3;5H,3-4H2,1-2H3;1H4. The Kier molecular flexibility index (Phi) is 32.5. The Labute approximate surface area is 410 Å². The fourth-order valence-corrected chi connectivity index (χ4v) is 6.23. The van der Waals surface area contributed by atoms with Crippen LogP contribution in [0.5, 0.6) is 0 Å². The number of allylic oxidation sites excluding steroid dienone is 5. The fraction of sp³-hybridized carbons (Fsp3) is 0.279. The minimum atomic E-state index is -0.116. The third kappa shape index (κ3) is 24.5. The van der Waals surface area contributed by atoms with Crippen LogP contribution in [0, 0.1) is 11.8 Å². The molecule has 0 aromatic heterocycles. The number of Topliss-reactive ketones (excluding diaryl/α,β-unsaturated/α-hetero) is 1. The van der Waals surface area contributed by atoms with Gasteiger partial charge in [-0.1, -0.05) is 217 Å². The molecule has 7 heteroatoms. The predicted octanol–water partition coefficient (Wildman–Crippen LogP) is 14.1. The zero-order chi connectivity index (χ0) is 50.0. The Balaban J connectivity index is 0.000000791. The molecule has 362 valence electrons. The SMILES string of the molecule is C.C=Cc1ccc(C=CC)cc1.C=Cc1ccc(C=CC)cc1.C=Cc1ccc(C=CC)cc1.CC1CC(=O)N(C)CC1=O.CC=Cc1ccc(C=CC)cc1.CNCCN1C(=O)CC(C)C1=O. The molecule has 2 heterocycles. The number of likely N-dealkylation sites (N-methyl/N-ethyl adjacent to an activating group) is 2. The molecule has 0 bridgehead atoms. The van der Waals surface area contributed by atoms with Gasteiger partial charge in [-0.15, -0.1) is 0 Å². The van der Waals surface area contributed by atoms with Crippen LogP contribution in [0.1, 0.15) is 113 Å². The van der Waals surface area contributed by atoms with Crippen molar-refractivity contribution in [1.82, 2.24) is 15.1 Å². The normalized spacial score (nSPS) is 15.2. The molecule has 2 saturated heterocycles. The van der Waals surface area contributed by atoms with Crippen LogP contribution in [0.25, 0.3) is 48.6 Å². The second-order valence-electron chi connectivity index (χ2n) is 15.7. The van der Waals surface area contributed by atoms with Crippen molar-refractivity contribution in [1.29, 1.82) is 0 Å². The number of rotatable bonds is 11. The fourth-order valence-electron chi connectivity index (χ4n) is 6.23. The van der Waals surface area contributed by atoms with Crippen LogP contribution in [0.4, 0.5) is 0 Å². The molecule has 3 amide bonds. The lowest BCUT2D eigenvalue weighted by molar-refractivity contribution is -0.141. The average Bonchev–Trinajstić information content (AvgIpc) is 3.58. The maximum atomic E-state index is 11.3. The third-order valence-corrected chi connectivity index (χ3v) is 10.2. The first-order valence-corrected chi connectivity index (χ1v) is 22.9. The molecule has 0 saturated carbocycles. The highest BCUT2D eigenvalue weighted by Crippen LogP contribution is 2.18. The van der Waals surface area contributed by atoms with E-state index in [0.717, 1.165) is 0 Å². The molecular weight excluding hydrogens is 839 g/mol. The monoisotopic (exact) mass is 918 g/mol. The van der Waals surface area contributed by atoms with Crippen LogP contribution in [0.15, 0.2) is 147 Å². The summed E-state index contributed by atoms with van der Waals surface area (Å²) in [6, 6.07) is 33.3. The number of carbonyl (C=O) groups excluding carboxylic acids is 4. The van der Waals surface area contributed by atoms with Crippen LogP contribution in [0.3, 0.4) is 0 Å². The first-order valence-electron chi connectivity index (χ1n) is 22.9. The van der Waals surface area contributed by atoms with Gasteiger partial charge in [-0.05, 0) is 86.2 Å². The highest BCUT2D eigenvalue weighted by Gasteiger charge is 2.34. The van der Waals surface area contributed by atoms with E-state index in [2.05, 4.69) is 152 Å². The first kappa shape index (κ1) is 61.0. The van der Waals surface area contributed by atoms with E-state index in [1.54, 1.807) is 27.9 Å². The first-order chi connectivity index (χ1) is 32.2. The molecule has 0 radical (unpaired) electrons. The molecule has 2 unspecified atom stereocenters. The maximum absolute atomic E-state index is 11.3. The smallest absolute Gasteiger partial charge is 0.232 e. The number of imide groups is 1. The number of amides is 3. The summed E-state index contributed by atoms with van der Waals surface area (Å²) in [5, 5.41) is 2.90. The van der Waals surface area contributed by atoms with Crippen molar-refractivity contribution in [3.63, 3.8) is 0 Å². The van der Waals surface area contributed by atoms with Gasteiger partial charge in [-0.2, -0.15) is 0 Å². The van der Waals surface area contributed by atoms with Gasteiger partial charge in [0.25, 0.3) is 0 Å². The van der Waals surface area contributed by atoms with Gasteiger partial charge in [-0.25, -0.2) is 0 Å². The van der Waals surface area contributed by atoms with Crippen molar-refractivity contribution < 1.29 is 19.2 Å². The topological polar surface area (TPSA) is 86.8 Å². The van der Waals surface area contributed by atoms with Crippen molar-refractivity contribution in [3.05, 3.63) is 192 Å². The summed E-state index contributed by atoms with van der Waals surface area (Å²) in [6.07, 6.45) is 26.9. The van der Waals surface area contributed by atoms with Crippen LogP contribution in [-0.4, -0.2) is 67.0 Å². The van der Waals surface area contributed by atoms with Crippen LogP contribution in [0.2, 0.25) is 0 Å². The largest absolute Gasteiger partial charge is 0.338 e. The van der Waals surface area contributed by atoms with Crippen molar-refractivity contribution in [2.45, 2.75) is 68.7 Å². The Morgan fingerprint density at radius 3 is 1.00 bits per heavy atom. The molecule has 2 fully saturated rings. The van der Waals surface area contributed by atoms with E-state index in [1.807, 2.05) is 83.2 Å². The molecule has 7 nitrogen and oxygen atoms in total. The van der Waals surface area contributed by atoms with E-state index in [9.17, 15) is 19.2 Å². The highest BCUT2D eigenvalue weighted by atomic mass is 16.2. The van der Waals surface area contributed by atoms with Crippen molar-refractivity contribution in [2.75, 3.05) is 33.7 Å². The minimum absolute atomic E-state index is 0. The molecule has 6 rings (SSSR count). The molecule has 1 N–H and O–H groups in total. The molecule has 2 aliphatic rings. The minimum Gasteiger partial charge on any atom is -0.338 e. The second kappa shape index (κ2) is 36.2. The second-order valence-corrected chi connectivity index (χ2v) is 15.7. The summed E-state index contributed by atoms with van der Waals surface area (Å²) in [4.78, 5) is 47.2. The predicted molar refractivity (Wildman–Crippen MR) is 297 cm³/mol. The molecular formula is C61H79N3O4. The average molecular weight is 918 g/mol. The van der Waals surface area contributed by atoms with Crippen LogP contribution < -0.4 is 5.32 Å². The molecule has 2 atom stereocenters. The molecule has 0 spiro atoms. The lowest BCUT2D eigenvalue weighted by atomic mass is 9.98. The van der Waals surface area contributed by atoms with Crippen LogP contribution >= 0.6 is 0 Å². The summed E-state index contributed by atoms with van der Waals surface area (Å²) >= 11 is 0. The van der Waals surface area contributed by atoms with Crippen molar-refractivity contribution in [2.24, 2.45) is 11.8 Å². The van der Waals surface area contributed by atoms with Crippen molar-refractivity contribution in [3.8, 4) is 0 Å². The van der Waals surface area contributed by atoms with Gasteiger partial charge in [0.05, 0.1) is 6.54 Å². The summed E-state index contributed by atoms with van der Waals surface area (Å²) < 4.78 is 0. The van der Waals surface area contributed by atoms with Crippen molar-refractivity contribution >= 4 is 72.1 Å². The Morgan fingerprint density at radius 1 is 0.500 bits per heavy atom. The number of hydrogen-bond acceptors (Lipinski definition) is 5. The van der Waals surface area contributed by atoms with E-state index in [1.165, 1.54) is 54.3 Å². The van der Waals surface area contributed by atoms with Gasteiger partial charge in [-0.3, -0.25) is 24.1 Å². The number of nitrogens with one attached hydrogen (secondary N) is 1. The summed E-state index contributed by atoms with van der Waals surface area (Å²) in [5.74, 6) is -0.00902.